The second-order valence-electron chi connectivity index (χ2n) is 8.83. The number of aliphatic hydroxyl groups is 1. The maximum Gasteiger partial charge on any atom is 0.335 e. The molecule has 1 spiro atoms. The van der Waals surface area contributed by atoms with Crippen LogP contribution in [0.5, 0.6) is 0 Å². The minimum atomic E-state index is -1.52. The Kier molecular flexibility index (Phi) is 2.67. The van der Waals surface area contributed by atoms with Gasteiger partial charge in [0.1, 0.15) is 5.76 Å². The third-order valence-electron chi connectivity index (χ3n) is 7.99. The molecule has 0 saturated heterocycles. The van der Waals surface area contributed by atoms with Crippen molar-refractivity contribution < 1.29 is 19.4 Å². The van der Waals surface area contributed by atoms with Crippen molar-refractivity contribution in [1.82, 2.24) is 0 Å². The molecule has 1 heterocycles. The average Bonchev–Trinajstić information content (AvgIpc) is 3.09. The number of allylic oxidation sites excluding steroid dienone is 1. The number of hydrogen-bond acceptors (Lipinski definition) is 3. The third-order valence-corrected chi connectivity index (χ3v) is 7.99. The fraction of sp³-hybridized carbons (Fsp3) is 0.650. The highest BCUT2D eigenvalue weighted by molar-refractivity contribution is 5.78. The first-order valence-electron chi connectivity index (χ1n) is 9.11. The van der Waals surface area contributed by atoms with E-state index in [1.165, 1.54) is 5.56 Å². The monoisotopic (exact) mass is 328 g/mol. The largest absolute Gasteiger partial charge is 0.479 e. The van der Waals surface area contributed by atoms with Gasteiger partial charge < -0.3 is 14.6 Å². The van der Waals surface area contributed by atoms with Gasteiger partial charge in [0.2, 0.25) is 0 Å². The molecule has 2 N–H and O–H groups in total. The molecule has 6 atom stereocenters. The zero-order chi connectivity index (χ0) is 16.7. The van der Waals surface area contributed by atoms with Gasteiger partial charge in [-0.1, -0.05) is 13.0 Å². The summed E-state index contributed by atoms with van der Waals surface area (Å²) < 4.78 is 5.61. The summed E-state index contributed by atoms with van der Waals surface area (Å²) in [5.74, 6) is 0.766. The smallest absolute Gasteiger partial charge is 0.335 e. The summed E-state index contributed by atoms with van der Waals surface area (Å²) in [6, 6.07) is 2.10. The van der Waals surface area contributed by atoms with E-state index in [1.807, 2.05) is 0 Å². The van der Waals surface area contributed by atoms with Crippen LogP contribution in [0.2, 0.25) is 0 Å². The zero-order valence-corrected chi connectivity index (χ0v) is 14.0. The molecule has 0 amide bonds. The van der Waals surface area contributed by atoms with E-state index in [2.05, 4.69) is 25.1 Å². The second kappa shape index (κ2) is 4.34. The number of aliphatic carboxylic acids is 1. The first-order valence-corrected chi connectivity index (χ1v) is 9.11. The number of furan rings is 1. The van der Waals surface area contributed by atoms with Gasteiger partial charge in [-0.15, -0.1) is 0 Å². The fourth-order valence-electron chi connectivity index (χ4n) is 7.00. The Morgan fingerprint density at radius 2 is 2.17 bits per heavy atom. The van der Waals surface area contributed by atoms with Crippen molar-refractivity contribution in [3.63, 3.8) is 0 Å². The molecule has 0 unspecified atom stereocenters. The Morgan fingerprint density at radius 1 is 1.33 bits per heavy atom. The molecule has 1 aromatic heterocycles. The van der Waals surface area contributed by atoms with E-state index >= 15 is 0 Å². The van der Waals surface area contributed by atoms with Gasteiger partial charge in [0, 0.05) is 5.56 Å². The minimum Gasteiger partial charge on any atom is -0.479 e. The average molecular weight is 328 g/mol. The lowest BCUT2D eigenvalue weighted by molar-refractivity contribution is -0.163. The highest BCUT2D eigenvalue weighted by Crippen LogP contribution is 2.71. The fourth-order valence-corrected chi connectivity index (χ4v) is 7.00. The minimum absolute atomic E-state index is 0.0209. The van der Waals surface area contributed by atoms with E-state index in [0.29, 0.717) is 18.3 Å². The zero-order valence-electron chi connectivity index (χ0n) is 14.0. The first kappa shape index (κ1) is 14.8. The number of carbonyl (C=O) groups is 1. The number of rotatable bonds is 1. The SMILES string of the molecule is C[C@@]12C=Cc3occc3[C@H]1CC[C@@]13C[C@@H](CC[C@H]12)[C@@](O)(C(=O)O)C3. The second-order valence-corrected chi connectivity index (χ2v) is 8.83. The molecule has 0 radical (unpaired) electrons. The first-order chi connectivity index (χ1) is 11.4. The predicted octanol–water partition coefficient (Wildman–Crippen LogP) is 3.81. The molecule has 0 aromatic carbocycles. The Labute approximate surface area is 141 Å². The molecule has 4 heteroatoms. The van der Waals surface area contributed by atoms with Crippen LogP contribution in [-0.4, -0.2) is 21.8 Å². The number of hydrogen-bond donors (Lipinski definition) is 2. The van der Waals surface area contributed by atoms with Gasteiger partial charge in [0.05, 0.1) is 6.26 Å². The quantitative estimate of drug-likeness (QED) is 0.822. The van der Waals surface area contributed by atoms with Crippen LogP contribution in [0.1, 0.15) is 62.7 Å². The summed E-state index contributed by atoms with van der Waals surface area (Å²) in [6.07, 6.45) is 11.4. The molecule has 5 rings (SSSR count). The number of fused-ring (bicyclic) bond motifs is 5. The summed E-state index contributed by atoms with van der Waals surface area (Å²) in [5, 5.41) is 20.5. The van der Waals surface area contributed by atoms with Crippen molar-refractivity contribution in [2.24, 2.45) is 22.7 Å². The van der Waals surface area contributed by atoms with Gasteiger partial charge >= 0.3 is 5.97 Å². The Morgan fingerprint density at radius 3 is 2.96 bits per heavy atom. The van der Waals surface area contributed by atoms with Gasteiger partial charge in [-0.05, 0) is 79.3 Å². The van der Waals surface area contributed by atoms with Crippen molar-refractivity contribution in [3.05, 3.63) is 29.7 Å². The lowest BCUT2D eigenvalue weighted by Gasteiger charge is -2.57. The van der Waals surface area contributed by atoms with Crippen molar-refractivity contribution in [3.8, 4) is 0 Å². The molecular weight excluding hydrogens is 304 g/mol. The van der Waals surface area contributed by atoms with Crippen LogP contribution in [-0.2, 0) is 4.79 Å². The van der Waals surface area contributed by atoms with E-state index in [-0.39, 0.29) is 16.7 Å². The maximum atomic E-state index is 11.8. The summed E-state index contributed by atoms with van der Waals surface area (Å²) >= 11 is 0. The van der Waals surface area contributed by atoms with E-state index in [0.717, 1.165) is 37.9 Å². The Bertz CT molecular complexity index is 749. The molecule has 3 saturated carbocycles. The molecule has 4 aliphatic carbocycles. The van der Waals surface area contributed by atoms with Crippen LogP contribution in [0.25, 0.3) is 6.08 Å². The summed E-state index contributed by atoms with van der Waals surface area (Å²) in [6.45, 7) is 2.34. The third kappa shape index (κ3) is 1.56. The molecule has 2 bridgehead atoms. The Balaban J connectivity index is 1.58. The lowest BCUT2D eigenvalue weighted by Crippen LogP contribution is -2.49. The molecule has 4 aliphatic rings. The van der Waals surface area contributed by atoms with E-state index in [4.69, 9.17) is 4.42 Å². The number of carboxylic acid groups (broad SMARTS) is 1. The summed E-state index contributed by atoms with van der Waals surface area (Å²) in [4.78, 5) is 11.8. The van der Waals surface area contributed by atoms with Gasteiger partial charge in [-0.3, -0.25) is 0 Å². The van der Waals surface area contributed by atoms with E-state index < -0.39 is 11.6 Å². The lowest BCUT2D eigenvalue weighted by atomic mass is 9.46. The topological polar surface area (TPSA) is 70.7 Å². The van der Waals surface area contributed by atoms with Crippen LogP contribution in [0.15, 0.2) is 22.8 Å². The molecule has 3 fully saturated rings. The normalized spacial score (nSPS) is 48.5. The van der Waals surface area contributed by atoms with Crippen LogP contribution < -0.4 is 0 Å². The van der Waals surface area contributed by atoms with Crippen molar-refractivity contribution in [1.29, 1.82) is 0 Å². The standard InChI is InChI=1S/C20H24O4/c1-18-7-5-15-13(6-9-24-15)14(18)4-8-19-10-12(2-3-16(18)19)20(23,11-19)17(21)22/h5-7,9,12,14,16,23H,2-4,8,10-11H2,1H3,(H,21,22)/t12-,14-,16+,18-,19+,20-/m1/s1. The molecule has 128 valence electrons. The van der Waals surface area contributed by atoms with Crippen molar-refractivity contribution in [2.45, 2.75) is 57.0 Å². The van der Waals surface area contributed by atoms with E-state index in [1.54, 1.807) is 6.26 Å². The number of carboxylic acids is 1. The molecule has 24 heavy (non-hydrogen) atoms. The summed E-state index contributed by atoms with van der Waals surface area (Å²) in [7, 11) is 0. The van der Waals surface area contributed by atoms with Crippen LogP contribution in [0.3, 0.4) is 0 Å². The highest BCUT2D eigenvalue weighted by Gasteiger charge is 2.67. The van der Waals surface area contributed by atoms with Gasteiger partial charge in [0.25, 0.3) is 0 Å². The molecular formula is C20H24O4. The van der Waals surface area contributed by atoms with E-state index in [9.17, 15) is 15.0 Å². The molecule has 0 aliphatic heterocycles. The molecule has 1 aromatic rings. The van der Waals surface area contributed by atoms with Crippen molar-refractivity contribution >= 4 is 12.0 Å². The summed E-state index contributed by atoms with van der Waals surface area (Å²) in [5.41, 5.74) is -0.197. The van der Waals surface area contributed by atoms with Gasteiger partial charge in [0.15, 0.2) is 5.60 Å². The van der Waals surface area contributed by atoms with Gasteiger partial charge in [-0.25, -0.2) is 4.79 Å². The Hall–Kier alpha value is -1.55. The van der Waals surface area contributed by atoms with Crippen molar-refractivity contribution in [2.75, 3.05) is 0 Å². The van der Waals surface area contributed by atoms with Gasteiger partial charge in [-0.2, -0.15) is 0 Å². The highest BCUT2D eigenvalue weighted by atomic mass is 16.4. The van der Waals surface area contributed by atoms with Crippen LogP contribution in [0, 0.1) is 22.7 Å². The predicted molar refractivity (Wildman–Crippen MR) is 88.3 cm³/mol. The molecule has 4 nitrogen and oxygen atoms in total. The maximum absolute atomic E-state index is 11.8. The van der Waals surface area contributed by atoms with Crippen LogP contribution >= 0.6 is 0 Å². The van der Waals surface area contributed by atoms with Crippen LogP contribution in [0.4, 0.5) is 0 Å².